The van der Waals surface area contributed by atoms with Gasteiger partial charge in [0.15, 0.2) is 0 Å². The number of nitrogens with one attached hydrogen (secondary N) is 2. The molecule has 0 aromatic heterocycles. The van der Waals surface area contributed by atoms with Gasteiger partial charge < -0.3 is 15.7 Å². The molecule has 0 spiro atoms. The van der Waals surface area contributed by atoms with Crippen molar-refractivity contribution >= 4 is 17.8 Å². The maximum Gasteiger partial charge on any atom is 0.315 e. The largest absolute Gasteiger partial charge is 0.387 e. The van der Waals surface area contributed by atoms with E-state index in [1.807, 2.05) is 36.6 Å². The fourth-order valence-electron chi connectivity index (χ4n) is 2.12. The van der Waals surface area contributed by atoms with E-state index in [1.165, 1.54) is 0 Å². The molecule has 1 aromatic carbocycles. The Bertz CT molecular complexity index is 435. The van der Waals surface area contributed by atoms with Crippen LogP contribution in [0.4, 0.5) is 4.79 Å². The monoisotopic (exact) mass is 310 g/mol. The van der Waals surface area contributed by atoms with Gasteiger partial charge in [-0.05, 0) is 24.7 Å². The number of hydrogen-bond acceptors (Lipinski definition) is 3. The number of amides is 2. The lowest BCUT2D eigenvalue weighted by Crippen LogP contribution is -2.47. The minimum absolute atomic E-state index is 0.0447. The lowest BCUT2D eigenvalue weighted by Gasteiger charge is -2.26. The van der Waals surface area contributed by atoms with Crippen LogP contribution in [0.3, 0.4) is 0 Å². The topological polar surface area (TPSA) is 61.4 Å². The fourth-order valence-corrected chi connectivity index (χ4v) is 2.84. The van der Waals surface area contributed by atoms with E-state index in [-0.39, 0.29) is 24.5 Å². The number of hydrogen-bond donors (Lipinski definition) is 3. The zero-order valence-electron chi connectivity index (χ0n) is 13.2. The highest BCUT2D eigenvalue weighted by Gasteiger charge is 2.22. The minimum atomic E-state index is -0.892. The second-order valence-corrected chi connectivity index (χ2v) is 6.76. The maximum absolute atomic E-state index is 12.0. The predicted octanol–water partition coefficient (Wildman–Crippen LogP) is 2.80. The molecule has 0 aliphatic heterocycles. The van der Waals surface area contributed by atoms with Crippen molar-refractivity contribution in [3.63, 3.8) is 0 Å². The SMILES string of the molecule is CSCC(C)(O)CNC(=O)NC(c1ccccc1)C(C)C. The van der Waals surface area contributed by atoms with E-state index < -0.39 is 5.60 Å². The van der Waals surface area contributed by atoms with Gasteiger partial charge in [0, 0.05) is 12.3 Å². The number of urea groups is 1. The first-order chi connectivity index (χ1) is 9.85. The van der Waals surface area contributed by atoms with E-state index in [0.29, 0.717) is 5.75 Å². The molecule has 3 N–H and O–H groups in total. The summed E-state index contributed by atoms with van der Waals surface area (Å²) in [6, 6.07) is 9.61. The molecule has 0 saturated heterocycles. The Morgan fingerprint density at radius 3 is 2.48 bits per heavy atom. The van der Waals surface area contributed by atoms with E-state index in [1.54, 1.807) is 18.7 Å². The second-order valence-electron chi connectivity index (χ2n) is 5.89. The molecule has 2 atom stereocenters. The van der Waals surface area contributed by atoms with E-state index in [2.05, 4.69) is 24.5 Å². The molecule has 118 valence electrons. The van der Waals surface area contributed by atoms with Crippen molar-refractivity contribution in [3.8, 4) is 0 Å². The van der Waals surface area contributed by atoms with Gasteiger partial charge >= 0.3 is 6.03 Å². The third-order valence-electron chi connectivity index (χ3n) is 3.20. The first-order valence-corrected chi connectivity index (χ1v) is 8.56. The van der Waals surface area contributed by atoms with Gasteiger partial charge in [0.05, 0.1) is 11.6 Å². The Kier molecular flexibility index (Phi) is 7.05. The van der Waals surface area contributed by atoms with Crippen LogP contribution < -0.4 is 10.6 Å². The summed E-state index contributed by atoms with van der Waals surface area (Å²) in [6.45, 7) is 6.10. The van der Waals surface area contributed by atoms with Crippen LogP contribution in [-0.4, -0.2) is 35.3 Å². The Morgan fingerprint density at radius 1 is 1.33 bits per heavy atom. The average Bonchev–Trinajstić information content (AvgIpc) is 2.43. The molecule has 0 saturated carbocycles. The lowest BCUT2D eigenvalue weighted by atomic mass is 9.96. The average molecular weight is 310 g/mol. The third-order valence-corrected chi connectivity index (χ3v) is 4.11. The van der Waals surface area contributed by atoms with E-state index >= 15 is 0 Å². The molecule has 4 nitrogen and oxygen atoms in total. The summed E-state index contributed by atoms with van der Waals surface area (Å²) >= 11 is 1.55. The number of benzene rings is 1. The van der Waals surface area contributed by atoms with Crippen molar-refractivity contribution in [2.75, 3.05) is 18.6 Å². The van der Waals surface area contributed by atoms with Crippen molar-refractivity contribution in [2.45, 2.75) is 32.4 Å². The van der Waals surface area contributed by atoms with Crippen LogP contribution in [0.5, 0.6) is 0 Å². The van der Waals surface area contributed by atoms with Crippen LogP contribution in [0.15, 0.2) is 30.3 Å². The number of rotatable bonds is 7. The summed E-state index contributed by atoms with van der Waals surface area (Å²) < 4.78 is 0. The van der Waals surface area contributed by atoms with Crippen LogP contribution in [0.1, 0.15) is 32.4 Å². The van der Waals surface area contributed by atoms with Crippen LogP contribution in [0, 0.1) is 5.92 Å². The Balaban J connectivity index is 2.58. The molecule has 2 unspecified atom stereocenters. The second kappa shape index (κ2) is 8.29. The molecule has 1 aromatic rings. The zero-order valence-corrected chi connectivity index (χ0v) is 14.0. The Hall–Kier alpha value is -1.20. The lowest BCUT2D eigenvalue weighted by molar-refractivity contribution is 0.0867. The van der Waals surface area contributed by atoms with Gasteiger partial charge in [0.2, 0.25) is 0 Å². The predicted molar refractivity (Wildman–Crippen MR) is 89.6 cm³/mol. The molecule has 21 heavy (non-hydrogen) atoms. The van der Waals surface area contributed by atoms with Crippen molar-refractivity contribution in [3.05, 3.63) is 35.9 Å². The van der Waals surface area contributed by atoms with Crippen LogP contribution in [0.2, 0.25) is 0 Å². The highest BCUT2D eigenvalue weighted by Crippen LogP contribution is 2.21. The van der Waals surface area contributed by atoms with Gasteiger partial charge in [-0.25, -0.2) is 4.79 Å². The minimum Gasteiger partial charge on any atom is -0.387 e. The van der Waals surface area contributed by atoms with Crippen molar-refractivity contribution in [1.82, 2.24) is 10.6 Å². The molecule has 1 rings (SSSR count). The fraction of sp³-hybridized carbons (Fsp3) is 0.562. The molecule has 0 heterocycles. The van der Waals surface area contributed by atoms with Gasteiger partial charge in [-0.2, -0.15) is 11.8 Å². The third kappa shape index (κ3) is 6.40. The van der Waals surface area contributed by atoms with E-state index in [0.717, 1.165) is 5.56 Å². The van der Waals surface area contributed by atoms with Crippen LogP contribution in [0.25, 0.3) is 0 Å². The van der Waals surface area contributed by atoms with Gasteiger partial charge in [-0.3, -0.25) is 0 Å². The summed E-state index contributed by atoms with van der Waals surface area (Å²) in [6.07, 6.45) is 1.93. The number of aliphatic hydroxyl groups is 1. The van der Waals surface area contributed by atoms with E-state index in [9.17, 15) is 9.90 Å². The Morgan fingerprint density at radius 2 is 1.95 bits per heavy atom. The number of carbonyl (C=O) groups excluding carboxylic acids is 1. The molecule has 0 aliphatic carbocycles. The van der Waals surface area contributed by atoms with Crippen LogP contribution in [-0.2, 0) is 0 Å². The normalized spacial score (nSPS) is 15.3. The summed E-state index contributed by atoms with van der Waals surface area (Å²) in [5.74, 6) is 0.865. The van der Waals surface area contributed by atoms with Crippen molar-refractivity contribution in [2.24, 2.45) is 5.92 Å². The molecular formula is C16H26N2O2S. The summed E-state index contributed by atoms with van der Waals surface area (Å²) in [5, 5.41) is 15.8. The molecular weight excluding hydrogens is 284 g/mol. The van der Waals surface area contributed by atoms with Crippen LogP contribution >= 0.6 is 11.8 Å². The molecule has 5 heteroatoms. The molecule has 2 amide bonds. The van der Waals surface area contributed by atoms with Gasteiger partial charge in [-0.15, -0.1) is 0 Å². The number of thioether (sulfide) groups is 1. The van der Waals surface area contributed by atoms with Gasteiger partial charge in [0.25, 0.3) is 0 Å². The van der Waals surface area contributed by atoms with Crippen molar-refractivity contribution < 1.29 is 9.90 Å². The first-order valence-electron chi connectivity index (χ1n) is 7.16. The smallest absolute Gasteiger partial charge is 0.315 e. The van der Waals surface area contributed by atoms with Crippen molar-refractivity contribution in [1.29, 1.82) is 0 Å². The summed E-state index contributed by atoms with van der Waals surface area (Å²) in [4.78, 5) is 12.0. The highest BCUT2D eigenvalue weighted by atomic mass is 32.2. The Labute approximate surface area is 131 Å². The van der Waals surface area contributed by atoms with Gasteiger partial charge in [-0.1, -0.05) is 44.2 Å². The number of carbonyl (C=O) groups is 1. The first kappa shape index (κ1) is 17.9. The summed E-state index contributed by atoms with van der Waals surface area (Å²) in [5.41, 5.74) is 0.190. The molecule has 0 radical (unpaired) electrons. The maximum atomic E-state index is 12.0. The highest BCUT2D eigenvalue weighted by molar-refractivity contribution is 7.98. The molecule has 0 fully saturated rings. The summed E-state index contributed by atoms with van der Waals surface area (Å²) in [7, 11) is 0. The quantitative estimate of drug-likeness (QED) is 0.726. The van der Waals surface area contributed by atoms with Gasteiger partial charge in [0.1, 0.15) is 0 Å². The molecule has 0 bridgehead atoms. The standard InChI is InChI=1S/C16H26N2O2S/c1-12(2)14(13-8-6-5-7-9-13)18-15(19)17-10-16(3,20)11-21-4/h5-9,12,14,20H,10-11H2,1-4H3,(H2,17,18,19). The molecule has 0 aliphatic rings. The van der Waals surface area contributed by atoms with E-state index in [4.69, 9.17) is 0 Å². The zero-order chi connectivity index (χ0) is 15.9.